The van der Waals surface area contributed by atoms with E-state index in [1.807, 2.05) is 0 Å². The first-order valence-electron chi connectivity index (χ1n) is 10.7. The normalized spacial score (nSPS) is 20.8. The summed E-state index contributed by atoms with van der Waals surface area (Å²) in [7, 11) is 0. The number of likely N-dealkylation sites (tertiary alicyclic amines) is 1. The summed E-state index contributed by atoms with van der Waals surface area (Å²) in [4.78, 5) is 0. The van der Waals surface area contributed by atoms with E-state index < -0.39 is 0 Å². The summed E-state index contributed by atoms with van der Waals surface area (Å²) in [5.74, 6) is 2.08. The smallest absolute Gasteiger partial charge is 0.137 e. The molecular formula is C23H38NOY+. The average Bonchev–Trinajstić information content (AvgIpc) is 2.84. The zero-order valence-electron chi connectivity index (χ0n) is 17.1. The van der Waals surface area contributed by atoms with Crippen LogP contribution in [0.15, 0.2) is 18.2 Å². The van der Waals surface area contributed by atoms with Gasteiger partial charge in [0, 0.05) is 38.6 Å². The molecule has 1 aromatic carbocycles. The Hall–Kier alpha value is 0.0839. The Bertz CT molecular complexity index is 511. The van der Waals surface area contributed by atoms with Crippen LogP contribution in [-0.2, 0) is 32.7 Å². The fraction of sp³-hybridized carbons (Fsp3) is 0.739. The van der Waals surface area contributed by atoms with Crippen LogP contribution < -0.4 is 4.74 Å². The molecule has 0 aromatic heterocycles. The number of aryl methyl sites for hydroxylation is 2. The molecule has 2 nitrogen and oxygen atoms in total. The van der Waals surface area contributed by atoms with Gasteiger partial charge in [0.05, 0.1) is 19.6 Å². The van der Waals surface area contributed by atoms with E-state index >= 15 is 0 Å². The van der Waals surface area contributed by atoms with Crippen molar-refractivity contribution >= 4 is 0 Å². The van der Waals surface area contributed by atoms with Crippen LogP contribution in [0.2, 0.25) is 0 Å². The van der Waals surface area contributed by atoms with E-state index in [0.717, 1.165) is 18.3 Å². The van der Waals surface area contributed by atoms with Gasteiger partial charge in [0.2, 0.25) is 0 Å². The third kappa shape index (κ3) is 6.31. The number of rotatable bonds is 6. The molecule has 2 aliphatic rings. The van der Waals surface area contributed by atoms with Crippen molar-refractivity contribution < 1.29 is 41.9 Å². The average molecular weight is 433 g/mol. The van der Waals surface area contributed by atoms with E-state index in [1.165, 1.54) is 99.6 Å². The fourth-order valence-corrected chi connectivity index (χ4v) is 5.14. The summed E-state index contributed by atoms with van der Waals surface area (Å²) in [6, 6.07) is 6.46. The van der Waals surface area contributed by atoms with Crippen LogP contribution in [0.3, 0.4) is 0 Å². The van der Waals surface area contributed by atoms with Crippen LogP contribution in [-0.4, -0.2) is 37.3 Å². The first kappa shape index (κ1) is 22.4. The van der Waals surface area contributed by atoms with Crippen molar-refractivity contribution in [2.75, 3.05) is 32.8 Å². The molecule has 1 radical (unpaired) electrons. The molecule has 1 aliphatic carbocycles. The van der Waals surface area contributed by atoms with E-state index in [9.17, 15) is 0 Å². The minimum absolute atomic E-state index is 0. The van der Waals surface area contributed by atoms with Gasteiger partial charge in [-0.1, -0.05) is 37.5 Å². The molecule has 3 heteroatoms. The number of benzene rings is 1. The van der Waals surface area contributed by atoms with Gasteiger partial charge >= 0.3 is 0 Å². The van der Waals surface area contributed by atoms with Gasteiger partial charge in [-0.2, -0.15) is 0 Å². The molecule has 0 N–H and O–H groups in total. The maximum absolute atomic E-state index is 6.31. The predicted molar refractivity (Wildman–Crippen MR) is 106 cm³/mol. The Morgan fingerprint density at radius 3 is 2.08 bits per heavy atom. The van der Waals surface area contributed by atoms with Gasteiger partial charge in [-0.15, -0.1) is 0 Å². The van der Waals surface area contributed by atoms with Gasteiger partial charge in [-0.25, -0.2) is 0 Å². The summed E-state index contributed by atoms with van der Waals surface area (Å²) in [6.45, 7) is 10.6. The van der Waals surface area contributed by atoms with Gasteiger partial charge in [-0.05, 0) is 63.5 Å². The topological polar surface area (TPSA) is 9.23 Å². The number of quaternary nitrogens is 1. The van der Waals surface area contributed by atoms with E-state index in [1.54, 1.807) is 0 Å². The SMILES string of the molecule is Cc1cccc(C)c1OCC[N+]1(CC2CCCCC2)CCCCCC1.[Y]. The molecule has 1 saturated heterocycles. The molecule has 0 unspecified atom stereocenters. The number of hydrogen-bond acceptors (Lipinski definition) is 1. The second-order valence-corrected chi connectivity index (χ2v) is 8.68. The van der Waals surface area contributed by atoms with Gasteiger partial charge in [0.25, 0.3) is 0 Å². The molecule has 2 fully saturated rings. The predicted octanol–water partition coefficient (Wildman–Crippen LogP) is 5.65. The molecule has 0 spiro atoms. The zero-order valence-corrected chi connectivity index (χ0v) is 20.0. The molecule has 0 amide bonds. The van der Waals surface area contributed by atoms with Crippen LogP contribution in [0.1, 0.15) is 68.9 Å². The molecule has 1 saturated carbocycles. The van der Waals surface area contributed by atoms with Crippen LogP contribution in [0.5, 0.6) is 5.75 Å². The van der Waals surface area contributed by atoms with Crippen molar-refractivity contribution in [2.45, 2.75) is 71.6 Å². The van der Waals surface area contributed by atoms with E-state index in [2.05, 4.69) is 32.0 Å². The van der Waals surface area contributed by atoms with E-state index in [-0.39, 0.29) is 32.7 Å². The third-order valence-corrected chi connectivity index (χ3v) is 6.61. The summed E-state index contributed by atoms with van der Waals surface area (Å²) in [5, 5.41) is 0. The number of ether oxygens (including phenoxy) is 1. The van der Waals surface area contributed by atoms with Crippen LogP contribution >= 0.6 is 0 Å². The molecule has 26 heavy (non-hydrogen) atoms. The van der Waals surface area contributed by atoms with E-state index in [0.29, 0.717) is 0 Å². The zero-order chi connectivity index (χ0) is 17.5. The van der Waals surface area contributed by atoms with Crippen LogP contribution in [0.4, 0.5) is 0 Å². The molecule has 1 aliphatic heterocycles. The minimum atomic E-state index is 0. The Balaban J connectivity index is 0.00000243. The summed E-state index contributed by atoms with van der Waals surface area (Å²) >= 11 is 0. The Kier molecular flexibility index (Phi) is 9.62. The molecule has 1 heterocycles. The number of hydrogen-bond donors (Lipinski definition) is 0. The van der Waals surface area contributed by atoms with Gasteiger partial charge in [0.15, 0.2) is 0 Å². The minimum Gasteiger partial charge on any atom is -0.487 e. The van der Waals surface area contributed by atoms with Crippen molar-refractivity contribution in [3.8, 4) is 5.75 Å². The monoisotopic (exact) mass is 433 g/mol. The number of para-hydroxylation sites is 1. The summed E-state index contributed by atoms with van der Waals surface area (Å²) in [5.41, 5.74) is 2.55. The number of nitrogens with zero attached hydrogens (tertiary/aromatic N) is 1. The van der Waals surface area contributed by atoms with Crippen molar-refractivity contribution in [1.29, 1.82) is 0 Å². The van der Waals surface area contributed by atoms with Crippen molar-refractivity contribution in [3.05, 3.63) is 29.3 Å². The maximum atomic E-state index is 6.31. The van der Waals surface area contributed by atoms with E-state index in [4.69, 9.17) is 4.74 Å². The molecular weight excluding hydrogens is 395 g/mol. The molecule has 1 aromatic rings. The first-order chi connectivity index (χ1) is 12.2. The Labute approximate surface area is 186 Å². The van der Waals surface area contributed by atoms with Crippen LogP contribution in [0.25, 0.3) is 0 Å². The van der Waals surface area contributed by atoms with Crippen molar-refractivity contribution in [3.63, 3.8) is 0 Å². The first-order valence-corrected chi connectivity index (χ1v) is 10.7. The summed E-state index contributed by atoms with van der Waals surface area (Å²) in [6.07, 6.45) is 13.0. The maximum Gasteiger partial charge on any atom is 0.137 e. The van der Waals surface area contributed by atoms with Gasteiger partial charge in [-0.3, -0.25) is 0 Å². The second kappa shape index (κ2) is 11.2. The van der Waals surface area contributed by atoms with Crippen molar-refractivity contribution in [2.24, 2.45) is 5.92 Å². The molecule has 0 bridgehead atoms. The third-order valence-electron chi connectivity index (χ3n) is 6.61. The summed E-state index contributed by atoms with van der Waals surface area (Å²) < 4.78 is 7.64. The Morgan fingerprint density at radius 1 is 0.885 bits per heavy atom. The molecule has 143 valence electrons. The standard InChI is InChI=1S/C23H38NO.Y/c1-20-11-10-12-21(2)23(20)25-18-17-24(15-8-3-4-9-16-24)19-22-13-6-5-7-14-22;/h10-12,22H,3-9,13-19H2,1-2H3;/q+1;. The largest absolute Gasteiger partial charge is 0.487 e. The fourth-order valence-electron chi connectivity index (χ4n) is 5.14. The van der Waals surface area contributed by atoms with Crippen LogP contribution in [0, 0.1) is 19.8 Å². The van der Waals surface area contributed by atoms with Gasteiger partial charge < -0.3 is 9.22 Å². The Morgan fingerprint density at radius 2 is 1.46 bits per heavy atom. The molecule has 3 rings (SSSR count). The quantitative estimate of drug-likeness (QED) is 0.527. The van der Waals surface area contributed by atoms with Crippen molar-refractivity contribution in [1.82, 2.24) is 0 Å². The second-order valence-electron chi connectivity index (χ2n) is 8.68. The van der Waals surface area contributed by atoms with Gasteiger partial charge in [0.1, 0.15) is 18.9 Å². The molecule has 0 atom stereocenters.